The number of nitrogens with zero attached hydrogens (tertiary/aromatic N) is 4. The van der Waals surface area contributed by atoms with Crippen molar-refractivity contribution < 1.29 is 14.7 Å². The number of carboxylic acid groups (broad SMARTS) is 1. The molecule has 2 aromatic rings. The third-order valence-corrected chi connectivity index (χ3v) is 5.41. The number of benzene rings is 1. The number of halogens is 1. The van der Waals surface area contributed by atoms with Crippen LogP contribution in [0.2, 0.25) is 5.02 Å². The van der Waals surface area contributed by atoms with E-state index < -0.39 is 12.0 Å². The van der Waals surface area contributed by atoms with Crippen LogP contribution in [0.5, 0.6) is 0 Å². The van der Waals surface area contributed by atoms with Crippen LogP contribution in [0.25, 0.3) is 0 Å². The van der Waals surface area contributed by atoms with Crippen LogP contribution < -0.4 is 0 Å². The lowest BCUT2D eigenvalue weighted by Crippen LogP contribution is -2.40. The van der Waals surface area contributed by atoms with Crippen LogP contribution in [0.3, 0.4) is 0 Å². The summed E-state index contributed by atoms with van der Waals surface area (Å²) in [4.78, 5) is 26.1. The lowest BCUT2D eigenvalue weighted by atomic mass is 9.96. The first-order chi connectivity index (χ1) is 12.5. The van der Waals surface area contributed by atoms with Crippen LogP contribution in [0, 0.1) is 0 Å². The third-order valence-electron chi connectivity index (χ3n) is 5.18. The zero-order valence-electron chi connectivity index (χ0n) is 14.1. The molecule has 4 rings (SSSR count). The summed E-state index contributed by atoms with van der Waals surface area (Å²) in [5, 5.41) is 18.4. The van der Waals surface area contributed by atoms with Crippen LogP contribution in [0.15, 0.2) is 24.3 Å². The van der Waals surface area contributed by atoms with Gasteiger partial charge in [0, 0.05) is 36.0 Å². The Hall–Kier alpha value is -2.41. The molecule has 1 aromatic carbocycles. The fourth-order valence-corrected chi connectivity index (χ4v) is 4.12. The Balaban J connectivity index is 1.57. The summed E-state index contributed by atoms with van der Waals surface area (Å²) in [5.74, 6) is 0.493. The molecule has 3 heterocycles. The van der Waals surface area contributed by atoms with Crippen LogP contribution in [0.4, 0.5) is 0 Å². The number of amides is 1. The minimum Gasteiger partial charge on any atom is -0.480 e. The third kappa shape index (κ3) is 2.96. The van der Waals surface area contributed by atoms with Gasteiger partial charge < -0.3 is 14.6 Å². The Labute approximate surface area is 155 Å². The highest BCUT2D eigenvalue weighted by molar-refractivity contribution is 6.30. The normalized spacial score (nSPS) is 22.3. The van der Waals surface area contributed by atoms with Gasteiger partial charge >= 0.3 is 5.97 Å². The Bertz CT molecular complexity index is 866. The summed E-state index contributed by atoms with van der Waals surface area (Å²) in [5.41, 5.74) is 0.563. The molecule has 0 spiro atoms. The second-order valence-electron chi connectivity index (χ2n) is 6.84. The van der Waals surface area contributed by atoms with E-state index in [1.807, 2.05) is 0 Å². The van der Waals surface area contributed by atoms with Gasteiger partial charge in [-0.3, -0.25) is 4.79 Å². The molecule has 2 aliphatic rings. The summed E-state index contributed by atoms with van der Waals surface area (Å²) < 4.78 is 1.76. The highest BCUT2D eigenvalue weighted by Gasteiger charge is 2.36. The van der Waals surface area contributed by atoms with Gasteiger partial charge in [-0.25, -0.2) is 4.79 Å². The lowest BCUT2D eigenvalue weighted by molar-refractivity contribution is -0.140. The summed E-state index contributed by atoms with van der Waals surface area (Å²) in [6.07, 6.45) is 2.88. The number of carboxylic acids is 1. The fourth-order valence-electron chi connectivity index (χ4n) is 3.93. The number of carbonyl (C=O) groups excluding carboxylic acids is 1. The van der Waals surface area contributed by atoms with Crippen molar-refractivity contribution in [2.45, 2.75) is 37.6 Å². The van der Waals surface area contributed by atoms with E-state index in [2.05, 4.69) is 10.2 Å². The van der Waals surface area contributed by atoms with Crippen LogP contribution >= 0.6 is 11.6 Å². The van der Waals surface area contributed by atoms with Crippen molar-refractivity contribution in [3.8, 4) is 0 Å². The van der Waals surface area contributed by atoms with Gasteiger partial charge in [-0.15, -0.1) is 10.2 Å². The van der Waals surface area contributed by atoms with Gasteiger partial charge in [0.2, 0.25) is 0 Å². The first-order valence-electron chi connectivity index (χ1n) is 8.76. The molecule has 2 unspecified atom stereocenters. The summed E-state index contributed by atoms with van der Waals surface area (Å²) in [7, 11) is 0. The smallest absolute Gasteiger partial charge is 0.326 e. The maximum Gasteiger partial charge on any atom is 0.326 e. The predicted octanol–water partition coefficient (Wildman–Crippen LogP) is 2.52. The van der Waals surface area contributed by atoms with Crippen molar-refractivity contribution >= 4 is 23.5 Å². The molecule has 0 radical (unpaired) electrons. The Morgan fingerprint density at radius 2 is 2.08 bits per heavy atom. The molecule has 2 aliphatic heterocycles. The van der Waals surface area contributed by atoms with E-state index in [0.717, 1.165) is 18.7 Å². The second-order valence-corrected chi connectivity index (χ2v) is 7.27. The molecule has 7 nitrogen and oxygen atoms in total. The quantitative estimate of drug-likeness (QED) is 0.891. The number of likely N-dealkylation sites (tertiary alicyclic amines) is 1. The zero-order chi connectivity index (χ0) is 18.3. The number of hydrogen-bond acceptors (Lipinski definition) is 4. The van der Waals surface area contributed by atoms with Crippen molar-refractivity contribution in [3.05, 3.63) is 46.5 Å². The van der Waals surface area contributed by atoms with Gasteiger partial charge in [0.15, 0.2) is 0 Å². The number of piperidine rings is 1. The van der Waals surface area contributed by atoms with E-state index in [1.165, 1.54) is 0 Å². The maximum absolute atomic E-state index is 12.8. The molecule has 1 saturated heterocycles. The van der Waals surface area contributed by atoms with E-state index in [0.29, 0.717) is 42.3 Å². The molecule has 136 valence electrons. The molecule has 26 heavy (non-hydrogen) atoms. The average molecular weight is 375 g/mol. The highest BCUT2D eigenvalue weighted by atomic mass is 35.5. The van der Waals surface area contributed by atoms with Crippen molar-refractivity contribution in [1.82, 2.24) is 19.7 Å². The highest BCUT2D eigenvalue weighted by Crippen LogP contribution is 2.33. The van der Waals surface area contributed by atoms with E-state index in [4.69, 9.17) is 11.6 Å². The van der Waals surface area contributed by atoms with Gasteiger partial charge in [-0.2, -0.15) is 0 Å². The monoisotopic (exact) mass is 374 g/mol. The SMILES string of the molecule is O=C(O)C1CCc2nnc(C3CCCN(C(=O)c4cccc(Cl)c4)C3)n21. The first kappa shape index (κ1) is 17.0. The number of rotatable bonds is 3. The minimum absolute atomic E-state index is 0.00640. The molecule has 1 fully saturated rings. The molecular weight excluding hydrogens is 356 g/mol. The summed E-state index contributed by atoms with van der Waals surface area (Å²) in [6.45, 7) is 1.18. The van der Waals surface area contributed by atoms with Gasteiger partial charge in [0.05, 0.1) is 0 Å². The molecule has 2 atom stereocenters. The Morgan fingerprint density at radius 1 is 1.23 bits per heavy atom. The van der Waals surface area contributed by atoms with Gasteiger partial charge in [0.25, 0.3) is 5.91 Å². The second kappa shape index (κ2) is 6.72. The van der Waals surface area contributed by atoms with Gasteiger partial charge in [-0.1, -0.05) is 17.7 Å². The standard InChI is InChI=1S/C18H19ClN4O3/c19-13-5-1-3-11(9-13)17(24)22-8-2-4-12(10-22)16-21-20-15-7-6-14(18(25)26)23(15)16/h1,3,5,9,12,14H,2,4,6-8,10H2,(H,25,26). The van der Waals surface area contributed by atoms with E-state index in [1.54, 1.807) is 33.7 Å². The van der Waals surface area contributed by atoms with E-state index >= 15 is 0 Å². The van der Waals surface area contributed by atoms with Gasteiger partial charge in [0.1, 0.15) is 17.7 Å². The molecule has 1 aromatic heterocycles. The molecule has 1 N–H and O–H groups in total. The van der Waals surface area contributed by atoms with E-state index in [-0.39, 0.29) is 11.8 Å². The largest absolute Gasteiger partial charge is 0.480 e. The minimum atomic E-state index is -0.854. The zero-order valence-corrected chi connectivity index (χ0v) is 14.9. The van der Waals surface area contributed by atoms with Crippen molar-refractivity contribution in [2.75, 3.05) is 13.1 Å². The van der Waals surface area contributed by atoms with Crippen LogP contribution in [0.1, 0.15) is 53.2 Å². The van der Waals surface area contributed by atoms with Gasteiger partial charge in [-0.05, 0) is 37.5 Å². The summed E-state index contributed by atoms with van der Waals surface area (Å²) in [6, 6.07) is 6.33. The summed E-state index contributed by atoms with van der Waals surface area (Å²) >= 11 is 6.00. The molecule has 0 bridgehead atoms. The average Bonchev–Trinajstić information content (AvgIpc) is 3.23. The Kier molecular flexibility index (Phi) is 4.40. The van der Waals surface area contributed by atoms with Crippen molar-refractivity contribution in [3.63, 3.8) is 0 Å². The number of fused-ring (bicyclic) bond motifs is 1. The number of hydrogen-bond donors (Lipinski definition) is 1. The topological polar surface area (TPSA) is 88.3 Å². The predicted molar refractivity (Wildman–Crippen MR) is 94.3 cm³/mol. The molecule has 0 saturated carbocycles. The molecule has 0 aliphatic carbocycles. The number of aliphatic carboxylic acids is 1. The number of aromatic nitrogens is 3. The Morgan fingerprint density at radius 3 is 2.85 bits per heavy atom. The molecule has 1 amide bonds. The first-order valence-corrected chi connectivity index (χ1v) is 9.13. The number of carbonyl (C=O) groups is 2. The molecule has 8 heteroatoms. The molecular formula is C18H19ClN4O3. The van der Waals surface area contributed by atoms with Crippen molar-refractivity contribution in [1.29, 1.82) is 0 Å². The van der Waals surface area contributed by atoms with Crippen molar-refractivity contribution in [2.24, 2.45) is 0 Å². The van der Waals surface area contributed by atoms with E-state index in [9.17, 15) is 14.7 Å². The van der Waals surface area contributed by atoms with Crippen LogP contribution in [-0.4, -0.2) is 49.7 Å². The fraction of sp³-hybridized carbons (Fsp3) is 0.444. The maximum atomic E-state index is 12.8. The number of aryl methyl sites for hydroxylation is 1. The lowest BCUT2D eigenvalue weighted by Gasteiger charge is -2.32. The van der Waals surface area contributed by atoms with Crippen LogP contribution in [-0.2, 0) is 11.2 Å².